The summed E-state index contributed by atoms with van der Waals surface area (Å²) in [7, 11) is 1.46. The number of aliphatic hydroxyl groups is 1. The number of fused-ring (bicyclic) bond motifs is 1. The molecule has 0 spiro atoms. The Balaban J connectivity index is 1.33. The molecule has 2 N–H and O–H groups in total. The van der Waals surface area contributed by atoms with E-state index in [-0.39, 0.29) is 31.2 Å². The Morgan fingerprint density at radius 2 is 1.83 bits per heavy atom. The Labute approximate surface area is 235 Å². The van der Waals surface area contributed by atoms with Crippen molar-refractivity contribution < 1.29 is 37.7 Å². The van der Waals surface area contributed by atoms with Crippen LogP contribution in [0.4, 0.5) is 18.9 Å². The number of methoxy groups -OCH3 is 1. The van der Waals surface area contributed by atoms with Crippen LogP contribution in [0, 0.1) is 12.5 Å². The molecule has 41 heavy (non-hydrogen) atoms. The van der Waals surface area contributed by atoms with E-state index in [0.717, 1.165) is 12.8 Å². The van der Waals surface area contributed by atoms with Gasteiger partial charge in [0.1, 0.15) is 6.10 Å². The van der Waals surface area contributed by atoms with E-state index in [1.54, 1.807) is 33.7 Å². The number of ether oxygens (including phenoxy) is 2. The fourth-order valence-electron chi connectivity index (χ4n) is 5.52. The number of likely N-dealkylation sites (tertiary alicyclic amines) is 1. The van der Waals surface area contributed by atoms with Gasteiger partial charge in [0.25, 0.3) is 0 Å². The second-order valence-electron chi connectivity index (χ2n) is 11.0. The minimum absolute atomic E-state index is 0.156. The number of aliphatic carboxylic acids is 1. The van der Waals surface area contributed by atoms with Gasteiger partial charge in [0, 0.05) is 48.8 Å². The van der Waals surface area contributed by atoms with Crippen molar-refractivity contribution in [3.63, 3.8) is 0 Å². The molecular weight excluding hydrogens is 539 g/mol. The quantitative estimate of drug-likeness (QED) is 0.311. The molecule has 2 fully saturated rings. The molecule has 1 unspecified atom stereocenters. The first-order valence-corrected chi connectivity index (χ1v) is 13.6. The molecule has 1 aliphatic carbocycles. The van der Waals surface area contributed by atoms with E-state index in [9.17, 15) is 23.1 Å². The maximum Gasteiger partial charge on any atom is 0.422 e. The van der Waals surface area contributed by atoms with Gasteiger partial charge in [-0.05, 0) is 55.4 Å². The summed E-state index contributed by atoms with van der Waals surface area (Å²) in [5, 5.41) is 20.7. The van der Waals surface area contributed by atoms with Gasteiger partial charge in [0.15, 0.2) is 17.2 Å². The van der Waals surface area contributed by atoms with Gasteiger partial charge < -0.3 is 24.3 Å². The first kappa shape index (κ1) is 28.8. The van der Waals surface area contributed by atoms with E-state index < -0.39 is 24.3 Å². The number of carboxylic acid groups (broad SMARTS) is 1. The molecule has 218 valence electrons. The largest absolute Gasteiger partial charge is 0.493 e. The summed E-state index contributed by atoms with van der Waals surface area (Å²) in [5.41, 5.74) is -1.87. The number of piperidine rings is 1. The highest BCUT2D eigenvalue weighted by Gasteiger charge is 2.57. The molecule has 0 radical (unpaired) electrons. The predicted molar refractivity (Wildman–Crippen MR) is 145 cm³/mol. The molecule has 8 nitrogen and oxygen atoms in total. The zero-order valence-electron chi connectivity index (χ0n) is 22.7. The standard InChI is InChI=1S/C30H32F3N3O5/c1-34-21-6-7-23-24(17-36(25(23)15-21)16-19-3-4-19)29(39,30(31,32)33)18-35-11-9-22(10-12-35)41-26-8-5-20(14-28(37)38)13-27(26)40-2/h5-8,13,15,17,19,22,39H,3-4,9-12,14,16,18H2,2H3,(H,37,38). The molecule has 1 saturated heterocycles. The summed E-state index contributed by atoms with van der Waals surface area (Å²) in [6.45, 7) is 7.82. The van der Waals surface area contributed by atoms with Crippen LogP contribution in [0.3, 0.4) is 0 Å². The third-order valence-corrected chi connectivity index (χ3v) is 7.93. The topological polar surface area (TPSA) is 88.5 Å². The van der Waals surface area contributed by atoms with Crippen LogP contribution in [0.25, 0.3) is 15.7 Å². The Morgan fingerprint density at radius 3 is 2.44 bits per heavy atom. The van der Waals surface area contributed by atoms with Crippen molar-refractivity contribution >= 4 is 22.6 Å². The first-order valence-electron chi connectivity index (χ1n) is 13.6. The first-order chi connectivity index (χ1) is 19.5. The second-order valence-corrected chi connectivity index (χ2v) is 11.0. The fraction of sp³-hybridized carbons (Fsp3) is 0.467. The van der Waals surface area contributed by atoms with E-state index in [1.165, 1.54) is 25.4 Å². The number of hydrogen-bond donors (Lipinski definition) is 2. The maximum absolute atomic E-state index is 14.7. The van der Waals surface area contributed by atoms with Crippen LogP contribution in [0.2, 0.25) is 0 Å². The van der Waals surface area contributed by atoms with E-state index in [1.807, 2.05) is 0 Å². The highest BCUT2D eigenvalue weighted by atomic mass is 19.4. The minimum atomic E-state index is -4.93. The smallest absolute Gasteiger partial charge is 0.422 e. The number of halogens is 3. The zero-order valence-corrected chi connectivity index (χ0v) is 22.7. The van der Waals surface area contributed by atoms with Gasteiger partial charge in [-0.1, -0.05) is 18.2 Å². The number of alkyl halides is 3. The zero-order chi connectivity index (χ0) is 29.4. The third kappa shape index (κ3) is 6.14. The average Bonchev–Trinajstić information content (AvgIpc) is 3.68. The van der Waals surface area contributed by atoms with E-state index in [2.05, 4.69) is 4.85 Å². The summed E-state index contributed by atoms with van der Waals surface area (Å²) in [6, 6.07) is 9.48. The van der Waals surface area contributed by atoms with Crippen molar-refractivity contribution in [3.05, 3.63) is 65.1 Å². The molecule has 2 heterocycles. The van der Waals surface area contributed by atoms with E-state index in [4.69, 9.17) is 21.2 Å². The number of benzene rings is 2. The van der Waals surface area contributed by atoms with Crippen LogP contribution >= 0.6 is 0 Å². The number of rotatable bonds is 10. The number of hydrogen-bond acceptors (Lipinski definition) is 5. The minimum Gasteiger partial charge on any atom is -0.493 e. The van der Waals surface area contributed by atoms with Crippen molar-refractivity contribution in [2.45, 2.75) is 56.5 Å². The van der Waals surface area contributed by atoms with Crippen LogP contribution in [0.15, 0.2) is 42.6 Å². The van der Waals surface area contributed by atoms with Crippen molar-refractivity contribution in [1.29, 1.82) is 0 Å². The number of carboxylic acids is 1. The van der Waals surface area contributed by atoms with Gasteiger partial charge in [-0.25, -0.2) is 4.85 Å². The molecule has 0 amide bonds. The average molecular weight is 572 g/mol. The van der Waals surface area contributed by atoms with Crippen LogP contribution in [0.5, 0.6) is 11.5 Å². The Morgan fingerprint density at radius 1 is 1.10 bits per heavy atom. The number of aromatic nitrogens is 1. The number of carbonyl (C=O) groups is 1. The van der Waals surface area contributed by atoms with Gasteiger partial charge in [-0.15, -0.1) is 0 Å². The van der Waals surface area contributed by atoms with Crippen molar-refractivity contribution in [1.82, 2.24) is 9.47 Å². The van der Waals surface area contributed by atoms with Crippen LogP contribution in [-0.2, 0) is 23.4 Å². The molecule has 1 atom stereocenters. The molecular formula is C30H32F3N3O5. The van der Waals surface area contributed by atoms with E-state index in [0.29, 0.717) is 59.0 Å². The Hall–Kier alpha value is -3.75. The van der Waals surface area contributed by atoms with Crippen molar-refractivity contribution in [3.8, 4) is 11.5 Å². The Bertz CT molecular complexity index is 1470. The maximum atomic E-state index is 14.7. The Kier molecular flexibility index (Phi) is 7.90. The molecule has 1 aromatic heterocycles. The lowest BCUT2D eigenvalue weighted by molar-refractivity contribution is -0.272. The van der Waals surface area contributed by atoms with Gasteiger partial charge in [-0.3, -0.25) is 9.69 Å². The summed E-state index contributed by atoms with van der Waals surface area (Å²) >= 11 is 0. The molecule has 2 aromatic carbocycles. The molecule has 0 bridgehead atoms. The normalized spacial score (nSPS) is 18.1. The van der Waals surface area contributed by atoms with Crippen LogP contribution < -0.4 is 9.47 Å². The summed E-state index contributed by atoms with van der Waals surface area (Å²) in [4.78, 5) is 16.1. The number of nitrogens with zero attached hydrogens (tertiary/aromatic N) is 3. The molecule has 2 aliphatic rings. The second kappa shape index (κ2) is 11.3. The predicted octanol–water partition coefficient (Wildman–Crippen LogP) is 5.53. The third-order valence-electron chi connectivity index (χ3n) is 7.93. The van der Waals surface area contributed by atoms with Gasteiger partial charge in [0.2, 0.25) is 5.60 Å². The number of β-amino-alcohol motifs (C(OH)–C–C–N with tert-alkyl or cyclic N) is 1. The van der Waals surface area contributed by atoms with Crippen LogP contribution in [-0.4, -0.2) is 64.7 Å². The fourth-order valence-corrected chi connectivity index (χ4v) is 5.52. The highest BCUT2D eigenvalue weighted by molar-refractivity contribution is 5.88. The molecule has 1 saturated carbocycles. The summed E-state index contributed by atoms with van der Waals surface area (Å²) < 4.78 is 57.1. The highest BCUT2D eigenvalue weighted by Crippen LogP contribution is 2.45. The van der Waals surface area contributed by atoms with E-state index >= 15 is 0 Å². The van der Waals surface area contributed by atoms with Gasteiger partial charge in [0.05, 0.1) is 20.1 Å². The lowest BCUT2D eigenvalue weighted by atomic mass is 9.91. The summed E-state index contributed by atoms with van der Waals surface area (Å²) in [6.07, 6.45) is -1.05. The van der Waals surface area contributed by atoms with Crippen molar-refractivity contribution in [2.24, 2.45) is 5.92 Å². The van der Waals surface area contributed by atoms with Crippen LogP contribution in [0.1, 0.15) is 36.8 Å². The van der Waals surface area contributed by atoms with Crippen molar-refractivity contribution in [2.75, 3.05) is 26.7 Å². The van der Waals surface area contributed by atoms with Gasteiger partial charge in [-0.2, -0.15) is 13.2 Å². The SMILES string of the molecule is [C-]#[N+]c1ccc2c(C(O)(CN3CCC(Oc4ccc(CC(=O)O)cc4OC)CC3)C(F)(F)F)cn(CC3CC3)c2c1. The summed E-state index contributed by atoms with van der Waals surface area (Å²) in [5.74, 6) is 0.253. The van der Waals surface area contributed by atoms with Gasteiger partial charge >= 0.3 is 12.1 Å². The lowest BCUT2D eigenvalue weighted by Crippen LogP contribution is -2.53. The molecule has 1 aliphatic heterocycles. The monoisotopic (exact) mass is 571 g/mol. The molecule has 11 heteroatoms. The molecule has 3 aromatic rings. The lowest BCUT2D eigenvalue weighted by Gasteiger charge is -2.39. The molecule has 5 rings (SSSR count).